The fourth-order valence-corrected chi connectivity index (χ4v) is 6.37. The molecule has 0 aliphatic heterocycles. The predicted octanol–water partition coefficient (Wildman–Crippen LogP) is 4.81. The number of ketones is 1. The summed E-state index contributed by atoms with van der Waals surface area (Å²) < 4.78 is 1.72. The van der Waals surface area contributed by atoms with Crippen molar-refractivity contribution in [2.24, 2.45) is 0 Å². The van der Waals surface area contributed by atoms with Gasteiger partial charge in [0.05, 0.1) is 11.1 Å². The summed E-state index contributed by atoms with van der Waals surface area (Å²) in [6.07, 6.45) is 6.11. The number of aromatic nitrogens is 3. The SMILES string of the molecule is CCn1c(SCC(=O)c2c[nH]c3ccccc23)nc2sc3c(c2c1=O)CCCC3. The molecule has 3 heterocycles. The third kappa shape index (κ3) is 3.13. The molecule has 148 valence electrons. The largest absolute Gasteiger partial charge is 0.360 e. The van der Waals surface area contributed by atoms with Gasteiger partial charge in [0.1, 0.15) is 4.83 Å². The summed E-state index contributed by atoms with van der Waals surface area (Å²) in [6.45, 7) is 2.51. The Balaban J connectivity index is 1.48. The average molecular weight is 424 g/mol. The Bertz CT molecular complexity index is 1300. The number of nitrogens with one attached hydrogen (secondary N) is 1. The van der Waals surface area contributed by atoms with Crippen LogP contribution in [0.4, 0.5) is 0 Å². The van der Waals surface area contributed by atoms with Gasteiger partial charge < -0.3 is 4.98 Å². The van der Waals surface area contributed by atoms with E-state index in [1.54, 1.807) is 22.1 Å². The molecule has 1 aliphatic carbocycles. The molecule has 7 heteroatoms. The lowest BCUT2D eigenvalue weighted by Crippen LogP contribution is -2.23. The van der Waals surface area contributed by atoms with Crippen LogP contribution in [0.25, 0.3) is 21.1 Å². The number of H-pyrrole nitrogens is 1. The third-order valence-corrected chi connectivity index (χ3v) is 7.74. The van der Waals surface area contributed by atoms with E-state index in [4.69, 9.17) is 4.98 Å². The standard InChI is InChI=1S/C22H21N3O2S2/c1-2-25-21(27)19-14-8-4-6-10-18(14)29-20(19)24-22(25)28-12-17(26)15-11-23-16-9-5-3-7-13(15)16/h3,5,7,9,11,23H,2,4,6,8,10,12H2,1H3. The molecule has 29 heavy (non-hydrogen) atoms. The van der Waals surface area contributed by atoms with Gasteiger partial charge in [-0.15, -0.1) is 11.3 Å². The van der Waals surface area contributed by atoms with Crippen molar-refractivity contribution in [1.82, 2.24) is 14.5 Å². The summed E-state index contributed by atoms with van der Waals surface area (Å²) in [4.78, 5) is 36.1. The second-order valence-electron chi connectivity index (χ2n) is 7.29. The summed E-state index contributed by atoms with van der Waals surface area (Å²) in [5.74, 6) is 0.292. The second-order valence-corrected chi connectivity index (χ2v) is 9.32. The first-order valence-corrected chi connectivity index (χ1v) is 11.7. The zero-order chi connectivity index (χ0) is 20.0. The molecule has 0 unspecified atom stereocenters. The number of para-hydroxylation sites is 1. The van der Waals surface area contributed by atoms with E-state index < -0.39 is 0 Å². The molecule has 0 saturated carbocycles. The fourth-order valence-electron chi connectivity index (χ4n) is 4.12. The van der Waals surface area contributed by atoms with Crippen molar-refractivity contribution in [1.29, 1.82) is 0 Å². The summed E-state index contributed by atoms with van der Waals surface area (Å²) in [5, 5.41) is 2.37. The van der Waals surface area contributed by atoms with Crippen molar-refractivity contribution in [2.45, 2.75) is 44.3 Å². The first-order chi connectivity index (χ1) is 14.2. The van der Waals surface area contributed by atoms with E-state index in [0.29, 0.717) is 17.3 Å². The maximum absolute atomic E-state index is 13.2. The van der Waals surface area contributed by atoms with Gasteiger partial charge in [0.2, 0.25) is 0 Å². The van der Waals surface area contributed by atoms with Crippen LogP contribution in [0.15, 0.2) is 40.4 Å². The lowest BCUT2D eigenvalue weighted by molar-refractivity contribution is 0.102. The van der Waals surface area contributed by atoms with E-state index >= 15 is 0 Å². The maximum atomic E-state index is 13.2. The number of fused-ring (bicyclic) bond motifs is 4. The van der Waals surface area contributed by atoms with E-state index in [9.17, 15) is 9.59 Å². The van der Waals surface area contributed by atoms with Crippen molar-refractivity contribution < 1.29 is 4.79 Å². The van der Waals surface area contributed by atoms with E-state index in [0.717, 1.165) is 40.4 Å². The van der Waals surface area contributed by atoms with Gasteiger partial charge in [-0.3, -0.25) is 14.2 Å². The van der Waals surface area contributed by atoms with Gasteiger partial charge >= 0.3 is 0 Å². The predicted molar refractivity (Wildman–Crippen MR) is 120 cm³/mol. The summed E-state index contributed by atoms with van der Waals surface area (Å²) in [5.41, 5.74) is 2.89. The highest BCUT2D eigenvalue weighted by Gasteiger charge is 2.22. The van der Waals surface area contributed by atoms with Crippen LogP contribution in [0.5, 0.6) is 0 Å². The molecule has 0 radical (unpaired) electrons. The molecule has 0 fully saturated rings. The number of aromatic amines is 1. The molecular formula is C22H21N3O2S2. The molecule has 0 amide bonds. The van der Waals surface area contributed by atoms with E-state index in [2.05, 4.69) is 4.98 Å². The molecule has 5 nitrogen and oxygen atoms in total. The first-order valence-electron chi connectivity index (χ1n) is 9.94. The minimum atomic E-state index is 0.0370. The van der Waals surface area contributed by atoms with Crippen LogP contribution in [0, 0.1) is 0 Å². The number of carbonyl (C=O) groups excluding carboxylic acids is 1. The van der Waals surface area contributed by atoms with Crippen LogP contribution in [-0.4, -0.2) is 26.1 Å². The number of hydrogen-bond acceptors (Lipinski definition) is 5. The highest BCUT2D eigenvalue weighted by atomic mass is 32.2. The summed E-state index contributed by atoms with van der Waals surface area (Å²) >= 11 is 3.01. The van der Waals surface area contributed by atoms with E-state index in [1.807, 2.05) is 31.2 Å². The number of thioether (sulfide) groups is 1. The highest BCUT2D eigenvalue weighted by molar-refractivity contribution is 7.99. The maximum Gasteiger partial charge on any atom is 0.263 e. The molecule has 3 aromatic heterocycles. The fraction of sp³-hybridized carbons (Fsp3) is 0.318. The Morgan fingerprint density at radius 2 is 2.10 bits per heavy atom. The van der Waals surface area contributed by atoms with Crippen molar-refractivity contribution in [3.63, 3.8) is 0 Å². The van der Waals surface area contributed by atoms with Gasteiger partial charge in [-0.05, 0) is 44.2 Å². The summed E-state index contributed by atoms with van der Waals surface area (Å²) in [6, 6.07) is 7.79. The molecular weight excluding hydrogens is 402 g/mol. The van der Waals surface area contributed by atoms with Gasteiger partial charge in [0, 0.05) is 34.1 Å². The molecule has 5 rings (SSSR count). The number of carbonyl (C=O) groups is 1. The number of Topliss-reactive ketones (excluding diaryl/α,β-unsaturated/α-hetero) is 1. The normalized spacial score (nSPS) is 13.8. The zero-order valence-electron chi connectivity index (χ0n) is 16.2. The molecule has 4 aromatic rings. The van der Waals surface area contributed by atoms with Crippen LogP contribution in [0.3, 0.4) is 0 Å². The Kier molecular flexibility index (Phi) is 4.80. The van der Waals surface area contributed by atoms with E-state index in [1.165, 1.54) is 28.6 Å². The smallest absolute Gasteiger partial charge is 0.263 e. The minimum absolute atomic E-state index is 0.0370. The van der Waals surface area contributed by atoms with Gasteiger partial charge in [-0.25, -0.2) is 4.98 Å². The second kappa shape index (κ2) is 7.46. The third-order valence-electron chi connectivity index (χ3n) is 5.58. The number of thiophene rings is 1. The Morgan fingerprint density at radius 3 is 2.97 bits per heavy atom. The number of hydrogen-bond donors (Lipinski definition) is 1. The summed E-state index contributed by atoms with van der Waals surface area (Å²) in [7, 11) is 0. The molecule has 0 bridgehead atoms. The number of benzene rings is 1. The number of rotatable bonds is 5. The van der Waals surface area contributed by atoms with Crippen molar-refractivity contribution >= 4 is 50.0 Å². The molecule has 0 saturated heterocycles. The van der Waals surface area contributed by atoms with Gasteiger partial charge in [0.15, 0.2) is 10.9 Å². The van der Waals surface area contributed by atoms with Crippen LogP contribution >= 0.6 is 23.1 Å². The zero-order valence-corrected chi connectivity index (χ0v) is 17.8. The monoisotopic (exact) mass is 423 g/mol. The van der Waals surface area contributed by atoms with Crippen LogP contribution in [0.2, 0.25) is 0 Å². The van der Waals surface area contributed by atoms with Gasteiger partial charge in [-0.2, -0.15) is 0 Å². The van der Waals surface area contributed by atoms with Crippen LogP contribution in [-0.2, 0) is 19.4 Å². The first kappa shape index (κ1) is 18.6. The highest BCUT2D eigenvalue weighted by Crippen LogP contribution is 2.34. The van der Waals surface area contributed by atoms with Crippen LogP contribution < -0.4 is 5.56 Å². The van der Waals surface area contributed by atoms with Gasteiger partial charge in [0.25, 0.3) is 5.56 Å². The average Bonchev–Trinajstić information content (AvgIpc) is 3.33. The molecule has 0 spiro atoms. The van der Waals surface area contributed by atoms with Crippen LogP contribution in [0.1, 0.15) is 40.6 Å². The lowest BCUT2D eigenvalue weighted by atomic mass is 9.97. The van der Waals surface area contributed by atoms with Crippen molar-refractivity contribution in [3.05, 3.63) is 56.8 Å². The molecule has 1 aliphatic rings. The van der Waals surface area contributed by atoms with Crippen molar-refractivity contribution in [3.8, 4) is 0 Å². The van der Waals surface area contributed by atoms with Crippen molar-refractivity contribution in [2.75, 3.05) is 5.75 Å². The minimum Gasteiger partial charge on any atom is -0.360 e. The number of nitrogens with zero attached hydrogens (tertiary/aromatic N) is 2. The Hall–Kier alpha value is -2.38. The molecule has 1 N–H and O–H groups in total. The van der Waals surface area contributed by atoms with Gasteiger partial charge in [-0.1, -0.05) is 30.0 Å². The Morgan fingerprint density at radius 1 is 1.28 bits per heavy atom. The Labute approximate surface area is 176 Å². The lowest BCUT2D eigenvalue weighted by Gasteiger charge is -2.12. The quantitative estimate of drug-likeness (QED) is 0.284. The topological polar surface area (TPSA) is 67.8 Å². The molecule has 1 aromatic carbocycles. The number of aryl methyl sites for hydroxylation is 2. The molecule has 0 atom stereocenters. The van der Waals surface area contributed by atoms with E-state index in [-0.39, 0.29) is 17.1 Å².